The Morgan fingerprint density at radius 2 is 2.06 bits per heavy atom. The summed E-state index contributed by atoms with van der Waals surface area (Å²) in [6, 6.07) is 0.595. The van der Waals surface area contributed by atoms with Gasteiger partial charge in [-0.3, -0.25) is 0 Å². The van der Waals surface area contributed by atoms with E-state index in [9.17, 15) is 0 Å². The van der Waals surface area contributed by atoms with Crippen LogP contribution in [0.25, 0.3) is 0 Å². The van der Waals surface area contributed by atoms with Crippen LogP contribution in [-0.2, 0) is 0 Å². The van der Waals surface area contributed by atoms with E-state index in [2.05, 4.69) is 42.4 Å². The Morgan fingerprint density at radius 1 is 1.38 bits per heavy atom. The van der Waals surface area contributed by atoms with Gasteiger partial charge in [0.1, 0.15) is 0 Å². The minimum absolute atomic E-state index is 0.595. The van der Waals surface area contributed by atoms with Crippen LogP contribution in [0.5, 0.6) is 0 Å². The lowest BCUT2D eigenvalue weighted by molar-refractivity contribution is 0.287. The number of nitrogens with one attached hydrogen (secondary N) is 1. The zero-order valence-corrected chi connectivity index (χ0v) is 11.6. The quantitative estimate of drug-likeness (QED) is 0.689. The third-order valence-corrected chi connectivity index (χ3v) is 4.33. The van der Waals surface area contributed by atoms with Crippen molar-refractivity contribution in [1.29, 1.82) is 0 Å². The summed E-state index contributed by atoms with van der Waals surface area (Å²) >= 11 is 2.08. The van der Waals surface area contributed by atoms with Crippen molar-refractivity contribution in [1.82, 2.24) is 10.2 Å². The van der Waals surface area contributed by atoms with Crippen molar-refractivity contribution in [2.24, 2.45) is 5.92 Å². The summed E-state index contributed by atoms with van der Waals surface area (Å²) in [5.41, 5.74) is 0. The van der Waals surface area contributed by atoms with E-state index in [0.717, 1.165) is 13.0 Å². The Bertz CT molecular complexity index is 190. The number of nitrogens with zero attached hydrogens (tertiary/aromatic N) is 1. The van der Waals surface area contributed by atoms with Gasteiger partial charge in [-0.25, -0.2) is 0 Å². The summed E-state index contributed by atoms with van der Waals surface area (Å²) < 4.78 is 0. The molecule has 1 saturated heterocycles. The highest BCUT2D eigenvalue weighted by Crippen LogP contribution is 2.09. The molecule has 0 bridgehead atoms. The van der Waals surface area contributed by atoms with Crippen LogP contribution in [0.3, 0.4) is 0 Å². The Hall–Kier alpha value is 0.0100. The number of thioether (sulfide) groups is 1. The average Bonchev–Trinajstić information content (AvgIpc) is 2.30. The molecule has 0 aromatic rings. The van der Waals surface area contributed by atoms with Crippen LogP contribution in [0.2, 0.25) is 0 Å². The molecule has 0 radical (unpaired) electrons. The van der Waals surface area contributed by atoms with Gasteiger partial charge in [0, 0.05) is 43.7 Å². The smallest absolute Gasteiger partial charge is 0.0108 e. The van der Waals surface area contributed by atoms with Crippen molar-refractivity contribution >= 4 is 11.8 Å². The molecule has 2 atom stereocenters. The van der Waals surface area contributed by atoms with E-state index in [0.29, 0.717) is 12.0 Å². The molecule has 0 aliphatic carbocycles. The monoisotopic (exact) mass is 242 g/mol. The Balaban J connectivity index is 2.06. The Kier molecular flexibility index (Phi) is 7.17. The molecule has 16 heavy (non-hydrogen) atoms. The standard InChI is InChI=1S/C13H26N2S/c1-4-5-12(2)13(3)14-6-7-15-8-10-16-11-9-15/h4,12-14H,1,5-11H2,2-3H3. The van der Waals surface area contributed by atoms with Crippen molar-refractivity contribution < 1.29 is 0 Å². The molecule has 0 aromatic heterocycles. The van der Waals surface area contributed by atoms with E-state index >= 15 is 0 Å². The first-order chi connectivity index (χ1) is 7.74. The molecule has 2 unspecified atom stereocenters. The molecule has 1 aliphatic heterocycles. The van der Waals surface area contributed by atoms with Gasteiger partial charge in [0.2, 0.25) is 0 Å². The Labute approximate surface area is 105 Å². The molecule has 94 valence electrons. The van der Waals surface area contributed by atoms with Crippen LogP contribution in [0, 0.1) is 5.92 Å². The van der Waals surface area contributed by atoms with Crippen molar-refractivity contribution in [3.8, 4) is 0 Å². The highest BCUT2D eigenvalue weighted by molar-refractivity contribution is 7.99. The lowest BCUT2D eigenvalue weighted by Gasteiger charge is -2.27. The van der Waals surface area contributed by atoms with Crippen LogP contribution in [0.1, 0.15) is 20.3 Å². The fourth-order valence-electron chi connectivity index (χ4n) is 1.94. The second-order valence-electron chi connectivity index (χ2n) is 4.70. The summed E-state index contributed by atoms with van der Waals surface area (Å²) in [7, 11) is 0. The summed E-state index contributed by atoms with van der Waals surface area (Å²) in [6.07, 6.45) is 3.12. The van der Waals surface area contributed by atoms with Crippen LogP contribution >= 0.6 is 11.8 Å². The highest BCUT2D eigenvalue weighted by Gasteiger charge is 2.12. The summed E-state index contributed by atoms with van der Waals surface area (Å²) in [5, 5.41) is 3.62. The predicted octanol–water partition coefficient (Wildman–Crippen LogP) is 2.23. The molecule has 1 heterocycles. The van der Waals surface area contributed by atoms with Gasteiger partial charge in [-0.1, -0.05) is 13.0 Å². The van der Waals surface area contributed by atoms with Crippen LogP contribution in [0.4, 0.5) is 0 Å². The fraction of sp³-hybridized carbons (Fsp3) is 0.846. The largest absolute Gasteiger partial charge is 0.313 e. The molecule has 0 spiro atoms. The van der Waals surface area contributed by atoms with Gasteiger partial charge in [-0.2, -0.15) is 11.8 Å². The number of rotatable bonds is 7. The van der Waals surface area contributed by atoms with E-state index in [1.165, 1.54) is 31.1 Å². The Morgan fingerprint density at radius 3 is 2.69 bits per heavy atom. The van der Waals surface area contributed by atoms with Gasteiger partial charge in [0.25, 0.3) is 0 Å². The van der Waals surface area contributed by atoms with Crippen LogP contribution in [0.15, 0.2) is 12.7 Å². The maximum absolute atomic E-state index is 3.80. The molecule has 0 saturated carbocycles. The summed E-state index contributed by atoms with van der Waals surface area (Å²) in [5.74, 6) is 3.31. The van der Waals surface area contributed by atoms with Gasteiger partial charge < -0.3 is 10.2 Å². The molecular formula is C13H26N2S. The molecule has 3 heteroatoms. The summed E-state index contributed by atoms with van der Waals surface area (Å²) in [6.45, 7) is 13.2. The third kappa shape index (κ3) is 5.37. The van der Waals surface area contributed by atoms with Gasteiger partial charge in [-0.15, -0.1) is 6.58 Å². The van der Waals surface area contributed by atoms with Crippen molar-refractivity contribution in [3.63, 3.8) is 0 Å². The van der Waals surface area contributed by atoms with E-state index in [4.69, 9.17) is 0 Å². The maximum atomic E-state index is 3.80. The third-order valence-electron chi connectivity index (χ3n) is 3.39. The predicted molar refractivity (Wildman–Crippen MR) is 75.2 cm³/mol. The van der Waals surface area contributed by atoms with Crippen molar-refractivity contribution in [3.05, 3.63) is 12.7 Å². The average molecular weight is 242 g/mol. The second kappa shape index (κ2) is 8.15. The first-order valence-electron chi connectivity index (χ1n) is 6.38. The number of allylic oxidation sites excluding steroid dienone is 1. The van der Waals surface area contributed by atoms with Crippen LogP contribution < -0.4 is 5.32 Å². The first kappa shape index (κ1) is 14.1. The topological polar surface area (TPSA) is 15.3 Å². The summed E-state index contributed by atoms with van der Waals surface area (Å²) in [4.78, 5) is 2.56. The lowest BCUT2D eigenvalue weighted by Crippen LogP contribution is -2.41. The normalized spacial score (nSPS) is 21.6. The SMILES string of the molecule is C=CCC(C)C(C)NCCN1CCSCC1. The molecule has 0 amide bonds. The fourth-order valence-corrected chi connectivity index (χ4v) is 2.92. The molecule has 1 rings (SSSR count). The van der Waals surface area contributed by atoms with Gasteiger partial charge in [-0.05, 0) is 19.3 Å². The minimum Gasteiger partial charge on any atom is -0.313 e. The molecule has 1 N–H and O–H groups in total. The van der Waals surface area contributed by atoms with E-state index in [1.54, 1.807) is 0 Å². The number of hydrogen-bond donors (Lipinski definition) is 1. The molecule has 2 nitrogen and oxygen atoms in total. The van der Waals surface area contributed by atoms with Gasteiger partial charge in [0.05, 0.1) is 0 Å². The maximum Gasteiger partial charge on any atom is 0.0108 e. The van der Waals surface area contributed by atoms with Crippen LogP contribution in [-0.4, -0.2) is 48.6 Å². The van der Waals surface area contributed by atoms with E-state index < -0.39 is 0 Å². The van der Waals surface area contributed by atoms with E-state index in [-0.39, 0.29) is 0 Å². The molecule has 0 aromatic carbocycles. The highest BCUT2D eigenvalue weighted by atomic mass is 32.2. The minimum atomic E-state index is 0.595. The van der Waals surface area contributed by atoms with E-state index in [1.807, 2.05) is 6.08 Å². The molecule has 1 fully saturated rings. The number of hydrogen-bond acceptors (Lipinski definition) is 3. The van der Waals surface area contributed by atoms with Crippen molar-refractivity contribution in [2.75, 3.05) is 37.7 Å². The lowest BCUT2D eigenvalue weighted by atomic mass is 10.00. The zero-order valence-electron chi connectivity index (χ0n) is 10.7. The molecular weight excluding hydrogens is 216 g/mol. The van der Waals surface area contributed by atoms with Gasteiger partial charge >= 0.3 is 0 Å². The van der Waals surface area contributed by atoms with Crippen molar-refractivity contribution in [2.45, 2.75) is 26.3 Å². The first-order valence-corrected chi connectivity index (χ1v) is 7.54. The molecule has 1 aliphatic rings. The second-order valence-corrected chi connectivity index (χ2v) is 5.92. The van der Waals surface area contributed by atoms with Gasteiger partial charge in [0.15, 0.2) is 0 Å². The zero-order chi connectivity index (χ0) is 11.8.